The minimum atomic E-state index is -3.48. The second-order valence-electron chi connectivity index (χ2n) is 5.09. The van der Waals surface area contributed by atoms with Crippen LogP contribution in [0.2, 0.25) is 0 Å². The Balaban J connectivity index is 2.13. The fourth-order valence-corrected chi connectivity index (χ4v) is 3.64. The van der Waals surface area contributed by atoms with Gasteiger partial charge in [0.05, 0.1) is 4.90 Å². The van der Waals surface area contributed by atoms with Gasteiger partial charge in [-0.15, -0.1) is 0 Å². The number of halogens is 1. The highest BCUT2D eigenvalue weighted by Gasteiger charge is 2.27. The third-order valence-electron chi connectivity index (χ3n) is 3.41. The van der Waals surface area contributed by atoms with E-state index in [0.717, 1.165) is 12.8 Å². The topological polar surface area (TPSA) is 72.2 Å². The highest BCUT2D eigenvalue weighted by Crippen LogP contribution is 2.34. The second kappa shape index (κ2) is 5.81. The van der Waals surface area contributed by atoms with Gasteiger partial charge in [0.25, 0.3) is 0 Å². The summed E-state index contributed by atoms with van der Waals surface area (Å²) in [7, 11) is -3.48. The summed E-state index contributed by atoms with van der Waals surface area (Å²) in [6.07, 6.45) is 4.19. The van der Waals surface area contributed by atoms with E-state index in [0.29, 0.717) is 16.1 Å². The average molecular weight is 347 g/mol. The fourth-order valence-electron chi connectivity index (χ4n) is 2.03. The molecule has 1 atom stereocenters. The Bertz CT molecular complexity index is 556. The fraction of sp³-hybridized carbons (Fsp3) is 0.538. The summed E-state index contributed by atoms with van der Waals surface area (Å²) in [4.78, 5) is 0.224. The van der Waals surface area contributed by atoms with E-state index < -0.39 is 10.0 Å². The third kappa shape index (κ3) is 3.94. The molecule has 1 aromatic carbocycles. The van der Waals surface area contributed by atoms with E-state index >= 15 is 0 Å². The first-order valence-corrected chi connectivity index (χ1v) is 8.77. The van der Waals surface area contributed by atoms with Crippen LogP contribution in [0.25, 0.3) is 0 Å². The number of anilines is 1. The van der Waals surface area contributed by atoms with Crippen LogP contribution in [0.4, 0.5) is 5.69 Å². The zero-order chi connectivity index (χ0) is 14.0. The highest BCUT2D eigenvalue weighted by atomic mass is 79.9. The Morgan fingerprint density at radius 1 is 1.47 bits per heavy atom. The molecule has 2 rings (SSSR count). The summed E-state index contributed by atoms with van der Waals surface area (Å²) < 4.78 is 28.1. The molecule has 1 fully saturated rings. The molecular formula is C13H19BrN2O2S. The molecule has 0 radical (unpaired) electrons. The van der Waals surface area contributed by atoms with E-state index in [1.165, 1.54) is 18.9 Å². The Morgan fingerprint density at radius 2 is 2.16 bits per heavy atom. The van der Waals surface area contributed by atoms with E-state index in [1.807, 2.05) is 6.92 Å². The molecular weight excluding hydrogens is 328 g/mol. The number of hydrogen-bond acceptors (Lipinski definition) is 3. The van der Waals surface area contributed by atoms with Crippen molar-refractivity contribution < 1.29 is 8.42 Å². The van der Waals surface area contributed by atoms with Crippen LogP contribution >= 0.6 is 15.9 Å². The van der Waals surface area contributed by atoms with Crippen LogP contribution in [0.1, 0.15) is 32.6 Å². The predicted molar refractivity (Wildman–Crippen MR) is 80.3 cm³/mol. The number of nitrogens with two attached hydrogens (primary N) is 1. The van der Waals surface area contributed by atoms with Crippen molar-refractivity contribution in [3.8, 4) is 0 Å². The Kier molecular flexibility index (Phi) is 4.53. The number of hydrogen-bond donors (Lipinski definition) is 2. The van der Waals surface area contributed by atoms with Gasteiger partial charge >= 0.3 is 0 Å². The standard InChI is InChI=1S/C13H19BrN2O2S/c1-2-10(7-9-3-4-9)16-19(17,18)11-5-6-12(14)13(15)8-11/h5-6,8-10,16H,2-4,7,15H2,1H3. The number of sulfonamides is 1. The highest BCUT2D eigenvalue weighted by molar-refractivity contribution is 9.10. The summed E-state index contributed by atoms with van der Waals surface area (Å²) in [5, 5.41) is 0. The molecule has 1 aliphatic carbocycles. The summed E-state index contributed by atoms with van der Waals surface area (Å²) in [6, 6.07) is 4.72. The molecule has 106 valence electrons. The van der Waals surface area contributed by atoms with Gasteiger partial charge in [-0.25, -0.2) is 13.1 Å². The van der Waals surface area contributed by atoms with E-state index in [2.05, 4.69) is 20.7 Å². The first-order chi connectivity index (χ1) is 8.92. The molecule has 0 spiro atoms. The first kappa shape index (κ1) is 14.8. The molecule has 3 N–H and O–H groups in total. The molecule has 0 saturated heterocycles. The summed E-state index contributed by atoms with van der Waals surface area (Å²) >= 11 is 3.26. The van der Waals surface area contributed by atoms with Crippen molar-refractivity contribution in [1.82, 2.24) is 4.72 Å². The quantitative estimate of drug-likeness (QED) is 0.778. The zero-order valence-electron chi connectivity index (χ0n) is 10.9. The lowest BCUT2D eigenvalue weighted by atomic mass is 10.1. The number of nitrogens with one attached hydrogen (secondary N) is 1. The van der Waals surface area contributed by atoms with Gasteiger partial charge in [-0.2, -0.15) is 0 Å². The van der Waals surface area contributed by atoms with Crippen LogP contribution in [0.15, 0.2) is 27.6 Å². The van der Waals surface area contributed by atoms with Crippen LogP contribution in [0.3, 0.4) is 0 Å². The van der Waals surface area contributed by atoms with Crippen molar-refractivity contribution in [3.05, 3.63) is 22.7 Å². The largest absolute Gasteiger partial charge is 0.398 e. The molecule has 0 amide bonds. The summed E-state index contributed by atoms with van der Waals surface area (Å²) in [5.74, 6) is 0.697. The normalized spacial score (nSPS) is 17.4. The molecule has 1 aliphatic rings. The lowest BCUT2D eigenvalue weighted by Gasteiger charge is -2.17. The lowest BCUT2D eigenvalue weighted by molar-refractivity contribution is 0.495. The summed E-state index contributed by atoms with van der Waals surface area (Å²) in [5.41, 5.74) is 6.16. The maximum atomic E-state index is 12.3. The minimum absolute atomic E-state index is 0.0161. The smallest absolute Gasteiger partial charge is 0.240 e. The van der Waals surface area contributed by atoms with Crippen molar-refractivity contribution >= 4 is 31.6 Å². The van der Waals surface area contributed by atoms with Gasteiger partial charge in [0.2, 0.25) is 10.0 Å². The SMILES string of the molecule is CCC(CC1CC1)NS(=O)(=O)c1ccc(Br)c(N)c1. The molecule has 0 aliphatic heterocycles. The molecule has 1 saturated carbocycles. The first-order valence-electron chi connectivity index (χ1n) is 6.49. The monoisotopic (exact) mass is 346 g/mol. The van der Waals surface area contributed by atoms with Gasteiger partial charge in [-0.05, 0) is 52.9 Å². The van der Waals surface area contributed by atoms with Crippen molar-refractivity contribution in [2.24, 2.45) is 5.92 Å². The van der Waals surface area contributed by atoms with Crippen molar-refractivity contribution in [2.75, 3.05) is 5.73 Å². The minimum Gasteiger partial charge on any atom is -0.398 e. The van der Waals surface area contributed by atoms with Crippen LogP contribution in [0, 0.1) is 5.92 Å². The molecule has 1 unspecified atom stereocenters. The van der Waals surface area contributed by atoms with E-state index in [9.17, 15) is 8.42 Å². The molecule has 4 nitrogen and oxygen atoms in total. The molecule has 1 aromatic rings. The van der Waals surface area contributed by atoms with Crippen molar-refractivity contribution in [1.29, 1.82) is 0 Å². The molecule has 6 heteroatoms. The number of benzene rings is 1. The van der Waals surface area contributed by atoms with E-state index in [4.69, 9.17) is 5.73 Å². The maximum absolute atomic E-state index is 12.3. The van der Waals surface area contributed by atoms with Crippen molar-refractivity contribution in [3.63, 3.8) is 0 Å². The Labute approximate surface area is 122 Å². The lowest BCUT2D eigenvalue weighted by Crippen LogP contribution is -2.34. The van der Waals surface area contributed by atoms with Gasteiger partial charge in [0.15, 0.2) is 0 Å². The maximum Gasteiger partial charge on any atom is 0.240 e. The Hall–Kier alpha value is -0.590. The second-order valence-corrected chi connectivity index (χ2v) is 7.66. The van der Waals surface area contributed by atoms with Crippen LogP contribution in [0.5, 0.6) is 0 Å². The average Bonchev–Trinajstić information content (AvgIpc) is 3.15. The molecule has 0 heterocycles. The van der Waals surface area contributed by atoms with Crippen LogP contribution < -0.4 is 10.5 Å². The van der Waals surface area contributed by atoms with E-state index in [-0.39, 0.29) is 10.9 Å². The number of nitrogen functional groups attached to an aromatic ring is 1. The molecule has 19 heavy (non-hydrogen) atoms. The third-order valence-corrected chi connectivity index (χ3v) is 5.65. The summed E-state index contributed by atoms with van der Waals surface area (Å²) in [6.45, 7) is 2.01. The van der Waals surface area contributed by atoms with Gasteiger partial charge in [-0.3, -0.25) is 0 Å². The number of rotatable bonds is 6. The van der Waals surface area contributed by atoms with Crippen molar-refractivity contribution in [2.45, 2.75) is 43.5 Å². The van der Waals surface area contributed by atoms with Gasteiger partial charge in [-0.1, -0.05) is 19.8 Å². The van der Waals surface area contributed by atoms with Gasteiger partial charge < -0.3 is 5.73 Å². The molecule has 0 aromatic heterocycles. The van der Waals surface area contributed by atoms with E-state index in [1.54, 1.807) is 12.1 Å². The van der Waals surface area contributed by atoms with Gasteiger partial charge in [0.1, 0.15) is 0 Å². The van der Waals surface area contributed by atoms with Crippen LogP contribution in [-0.4, -0.2) is 14.5 Å². The Morgan fingerprint density at radius 3 is 2.68 bits per heavy atom. The zero-order valence-corrected chi connectivity index (χ0v) is 13.3. The molecule has 0 bridgehead atoms. The van der Waals surface area contributed by atoms with Crippen LogP contribution in [-0.2, 0) is 10.0 Å². The van der Waals surface area contributed by atoms with Gasteiger partial charge in [0, 0.05) is 16.2 Å². The predicted octanol–water partition coefficient (Wildman–Crippen LogP) is 2.89.